The Morgan fingerprint density at radius 3 is 2.65 bits per heavy atom. The van der Waals surface area contributed by atoms with Crippen LogP contribution in [0.3, 0.4) is 0 Å². The largest absolute Gasteiger partial charge is 0.480 e. The maximum atomic E-state index is 13.7. The minimum atomic E-state index is -0.402. The quantitative estimate of drug-likeness (QED) is 0.814. The highest BCUT2D eigenvalue weighted by Crippen LogP contribution is 2.31. The summed E-state index contributed by atoms with van der Waals surface area (Å²) in [6, 6.07) is 8.69. The molecule has 87 valence electrons. The molecule has 0 saturated heterocycles. The lowest BCUT2D eigenvalue weighted by Gasteiger charge is -2.08. The fourth-order valence-corrected chi connectivity index (χ4v) is 1.43. The van der Waals surface area contributed by atoms with Crippen LogP contribution in [-0.2, 0) is 0 Å². The highest BCUT2D eigenvalue weighted by Gasteiger charge is 2.13. The van der Waals surface area contributed by atoms with E-state index in [1.807, 2.05) is 0 Å². The summed E-state index contributed by atoms with van der Waals surface area (Å²) in [7, 11) is 2.92. The fourth-order valence-electron chi connectivity index (χ4n) is 1.43. The van der Waals surface area contributed by atoms with E-state index in [4.69, 9.17) is 9.47 Å². The van der Waals surface area contributed by atoms with Crippen LogP contribution in [0.15, 0.2) is 24.3 Å². The molecule has 0 fully saturated rings. The van der Waals surface area contributed by atoms with Crippen molar-refractivity contribution in [1.82, 2.24) is 10.2 Å². The summed E-state index contributed by atoms with van der Waals surface area (Å²) in [6.45, 7) is 0. The van der Waals surface area contributed by atoms with E-state index in [0.29, 0.717) is 17.0 Å². The number of nitrogens with zero attached hydrogens (tertiary/aromatic N) is 2. The first-order valence-corrected chi connectivity index (χ1v) is 4.88. The predicted molar refractivity (Wildman–Crippen MR) is 59.4 cm³/mol. The SMILES string of the molecule is COc1cc(-c2cc[c]cc2F)c(OC)nn1. The van der Waals surface area contributed by atoms with Gasteiger partial charge in [-0.05, 0) is 12.1 Å². The fraction of sp³-hybridized carbons (Fsp3) is 0.167. The minimum absolute atomic E-state index is 0.246. The summed E-state index contributed by atoms with van der Waals surface area (Å²) in [6.07, 6.45) is 0. The van der Waals surface area contributed by atoms with E-state index in [1.165, 1.54) is 20.3 Å². The number of methoxy groups -OCH3 is 2. The normalized spacial score (nSPS) is 10.1. The third-order valence-electron chi connectivity index (χ3n) is 2.24. The zero-order chi connectivity index (χ0) is 12.3. The van der Waals surface area contributed by atoms with Gasteiger partial charge in [-0.2, -0.15) is 0 Å². The third kappa shape index (κ3) is 2.18. The lowest BCUT2D eigenvalue weighted by atomic mass is 10.1. The van der Waals surface area contributed by atoms with Crippen molar-refractivity contribution in [2.45, 2.75) is 0 Å². The van der Waals surface area contributed by atoms with Gasteiger partial charge in [-0.15, -0.1) is 10.2 Å². The molecule has 1 radical (unpaired) electrons. The molecule has 0 atom stereocenters. The van der Waals surface area contributed by atoms with Gasteiger partial charge in [0.05, 0.1) is 19.8 Å². The van der Waals surface area contributed by atoms with E-state index in [2.05, 4.69) is 16.3 Å². The lowest BCUT2D eigenvalue weighted by molar-refractivity contribution is 0.369. The highest BCUT2D eigenvalue weighted by atomic mass is 19.1. The van der Waals surface area contributed by atoms with Gasteiger partial charge in [-0.3, -0.25) is 0 Å². The molecule has 0 saturated carbocycles. The second-order valence-electron chi connectivity index (χ2n) is 3.22. The maximum Gasteiger partial charge on any atom is 0.241 e. The third-order valence-corrected chi connectivity index (χ3v) is 2.24. The van der Waals surface area contributed by atoms with Crippen LogP contribution in [0.4, 0.5) is 4.39 Å². The molecule has 0 aliphatic rings. The van der Waals surface area contributed by atoms with Crippen LogP contribution in [0.5, 0.6) is 11.8 Å². The van der Waals surface area contributed by atoms with Crippen LogP contribution in [-0.4, -0.2) is 24.4 Å². The first-order chi connectivity index (χ1) is 8.26. The van der Waals surface area contributed by atoms with Gasteiger partial charge in [-0.25, -0.2) is 4.39 Å². The van der Waals surface area contributed by atoms with Crippen LogP contribution in [0.2, 0.25) is 0 Å². The van der Waals surface area contributed by atoms with Gasteiger partial charge in [0, 0.05) is 11.6 Å². The van der Waals surface area contributed by atoms with Crippen LogP contribution >= 0.6 is 0 Å². The second-order valence-corrected chi connectivity index (χ2v) is 3.22. The molecule has 0 bridgehead atoms. The molecule has 0 aliphatic carbocycles. The van der Waals surface area contributed by atoms with Gasteiger partial charge in [0.2, 0.25) is 11.8 Å². The Morgan fingerprint density at radius 1 is 1.18 bits per heavy atom. The molecule has 0 spiro atoms. The van der Waals surface area contributed by atoms with Crippen LogP contribution < -0.4 is 9.47 Å². The number of aromatic nitrogens is 2. The van der Waals surface area contributed by atoms with Gasteiger partial charge < -0.3 is 9.47 Å². The van der Waals surface area contributed by atoms with Crippen molar-refractivity contribution in [2.75, 3.05) is 14.2 Å². The predicted octanol–water partition coefficient (Wildman–Crippen LogP) is 2.10. The Morgan fingerprint density at radius 2 is 2.00 bits per heavy atom. The Hall–Kier alpha value is -2.17. The first kappa shape index (κ1) is 11.3. The monoisotopic (exact) mass is 233 g/mol. The Balaban J connectivity index is 2.60. The van der Waals surface area contributed by atoms with Crippen LogP contribution in [0, 0.1) is 11.9 Å². The zero-order valence-corrected chi connectivity index (χ0v) is 9.40. The molecule has 1 aromatic carbocycles. The Bertz CT molecular complexity index is 532. The number of hydrogen-bond donors (Lipinski definition) is 0. The van der Waals surface area contributed by atoms with E-state index in [1.54, 1.807) is 18.2 Å². The van der Waals surface area contributed by atoms with Crippen molar-refractivity contribution in [3.05, 3.63) is 36.1 Å². The van der Waals surface area contributed by atoms with Crippen molar-refractivity contribution in [2.24, 2.45) is 0 Å². The molecule has 2 rings (SSSR count). The molecule has 17 heavy (non-hydrogen) atoms. The summed E-state index contributed by atoms with van der Waals surface area (Å²) in [5.41, 5.74) is 0.861. The van der Waals surface area contributed by atoms with E-state index in [-0.39, 0.29) is 5.88 Å². The van der Waals surface area contributed by atoms with E-state index < -0.39 is 5.82 Å². The first-order valence-electron chi connectivity index (χ1n) is 4.88. The Labute approximate surface area is 98.0 Å². The average Bonchev–Trinajstić information content (AvgIpc) is 2.38. The summed E-state index contributed by atoms with van der Waals surface area (Å²) < 4.78 is 23.7. The van der Waals surface area contributed by atoms with Crippen LogP contribution in [0.25, 0.3) is 11.1 Å². The molecule has 0 amide bonds. The van der Waals surface area contributed by atoms with Crippen molar-refractivity contribution in [1.29, 1.82) is 0 Å². The van der Waals surface area contributed by atoms with Gasteiger partial charge in [-0.1, -0.05) is 12.1 Å². The summed E-state index contributed by atoms with van der Waals surface area (Å²) >= 11 is 0. The van der Waals surface area contributed by atoms with Crippen molar-refractivity contribution in [3.8, 4) is 22.9 Å². The minimum Gasteiger partial charge on any atom is -0.480 e. The number of benzene rings is 1. The summed E-state index contributed by atoms with van der Waals surface area (Å²) in [5, 5.41) is 7.57. The molecule has 2 aromatic rings. The molecule has 0 unspecified atom stereocenters. The van der Waals surface area contributed by atoms with Gasteiger partial charge in [0.25, 0.3) is 0 Å². The maximum absolute atomic E-state index is 13.7. The van der Waals surface area contributed by atoms with Crippen molar-refractivity contribution >= 4 is 0 Å². The molecule has 4 nitrogen and oxygen atoms in total. The zero-order valence-electron chi connectivity index (χ0n) is 9.40. The Kier molecular flexibility index (Phi) is 3.18. The number of rotatable bonds is 3. The van der Waals surface area contributed by atoms with E-state index >= 15 is 0 Å². The van der Waals surface area contributed by atoms with Crippen LogP contribution in [0.1, 0.15) is 0 Å². The average molecular weight is 233 g/mol. The molecule has 0 N–H and O–H groups in total. The second kappa shape index (κ2) is 4.78. The number of hydrogen-bond acceptors (Lipinski definition) is 4. The van der Waals surface area contributed by atoms with Crippen molar-refractivity contribution in [3.63, 3.8) is 0 Å². The summed E-state index contributed by atoms with van der Waals surface area (Å²) in [4.78, 5) is 0. The molecule has 5 heteroatoms. The lowest BCUT2D eigenvalue weighted by Crippen LogP contribution is -1.98. The topological polar surface area (TPSA) is 44.2 Å². The highest BCUT2D eigenvalue weighted by molar-refractivity contribution is 5.69. The molecular weight excluding hydrogens is 223 g/mol. The summed E-state index contributed by atoms with van der Waals surface area (Å²) in [5.74, 6) is 0.143. The van der Waals surface area contributed by atoms with Crippen molar-refractivity contribution < 1.29 is 13.9 Å². The molecular formula is C12H10FN2O2. The van der Waals surface area contributed by atoms with E-state index in [0.717, 1.165) is 0 Å². The van der Waals surface area contributed by atoms with Gasteiger partial charge >= 0.3 is 0 Å². The number of ether oxygens (including phenoxy) is 2. The standard InChI is InChI=1S/C12H10FN2O2/c1-16-11-7-9(12(17-2)15-14-11)8-5-3-4-6-10(8)13/h3,5-7H,1-2H3. The van der Waals surface area contributed by atoms with E-state index in [9.17, 15) is 4.39 Å². The van der Waals surface area contributed by atoms with Gasteiger partial charge in [0.15, 0.2) is 0 Å². The molecule has 1 aromatic heterocycles. The number of halogens is 1. The molecule has 0 aliphatic heterocycles. The van der Waals surface area contributed by atoms with Gasteiger partial charge in [0.1, 0.15) is 5.82 Å². The molecule has 1 heterocycles. The smallest absolute Gasteiger partial charge is 0.241 e.